The molecule has 0 bridgehead atoms. The molecule has 3 atom stereocenters. The summed E-state index contributed by atoms with van der Waals surface area (Å²) in [6.07, 6.45) is 5.88. The van der Waals surface area contributed by atoms with Crippen molar-refractivity contribution in [2.75, 3.05) is 26.2 Å². The van der Waals surface area contributed by atoms with Crippen LogP contribution >= 0.6 is 12.4 Å². The largest absolute Gasteiger partial charge is 0.337 e. The van der Waals surface area contributed by atoms with Crippen LogP contribution in [0.4, 0.5) is 0 Å². The standard InChI is InChI=1S/C27H35N3O4S.ClH/c1-2-8-23-26-24(13-18-29(26)25(31)14-17-28-15-6-3-7-16-28)30(27(23)32)35(33,34)22-12-11-20-9-4-5-10-21(20)19-22;/h4-5,9-12,19,23-24,26H,2-3,6-8,13-18H2,1H3;1H. The minimum Gasteiger partial charge on any atom is -0.337 e. The summed E-state index contributed by atoms with van der Waals surface area (Å²) in [4.78, 5) is 31.1. The molecule has 0 aliphatic carbocycles. The fourth-order valence-electron chi connectivity index (χ4n) is 6.23. The lowest BCUT2D eigenvalue weighted by Crippen LogP contribution is -2.44. The number of carbonyl (C=O) groups is 2. The van der Waals surface area contributed by atoms with E-state index >= 15 is 0 Å². The molecular formula is C27H36ClN3O4S. The van der Waals surface area contributed by atoms with Crippen LogP contribution in [0.25, 0.3) is 10.8 Å². The molecule has 2 amide bonds. The average molecular weight is 534 g/mol. The number of hydrogen-bond acceptors (Lipinski definition) is 5. The van der Waals surface area contributed by atoms with Crippen LogP contribution in [-0.4, -0.2) is 72.6 Å². The van der Waals surface area contributed by atoms with Gasteiger partial charge in [0, 0.05) is 19.5 Å². The molecule has 3 heterocycles. The summed E-state index contributed by atoms with van der Waals surface area (Å²) < 4.78 is 28.7. The number of fused-ring (bicyclic) bond motifs is 2. The first kappa shape index (κ1) is 26.9. The zero-order valence-corrected chi connectivity index (χ0v) is 22.5. The predicted molar refractivity (Wildman–Crippen MR) is 142 cm³/mol. The summed E-state index contributed by atoms with van der Waals surface area (Å²) in [5.74, 6) is -0.785. The van der Waals surface area contributed by atoms with Crippen molar-refractivity contribution >= 4 is 45.0 Å². The number of amides is 2. The van der Waals surface area contributed by atoms with Gasteiger partial charge >= 0.3 is 0 Å². The number of carbonyl (C=O) groups excluding carboxylic acids is 2. The van der Waals surface area contributed by atoms with Gasteiger partial charge in [-0.25, -0.2) is 12.7 Å². The SMILES string of the molecule is CCCC1C(=O)N(S(=O)(=O)c2ccc3ccccc3c2)C2CCN(C(=O)CCN3CCCCC3)C12.Cl. The Hall–Kier alpha value is -2.16. The molecule has 0 radical (unpaired) electrons. The van der Waals surface area contributed by atoms with Crippen LogP contribution in [-0.2, 0) is 19.6 Å². The van der Waals surface area contributed by atoms with Gasteiger partial charge in [-0.05, 0) is 61.7 Å². The highest BCUT2D eigenvalue weighted by Gasteiger charge is 2.58. The number of halogens is 1. The van der Waals surface area contributed by atoms with Crippen molar-refractivity contribution in [1.82, 2.24) is 14.1 Å². The molecule has 2 aromatic carbocycles. The second-order valence-corrected chi connectivity index (χ2v) is 11.9. The highest BCUT2D eigenvalue weighted by molar-refractivity contribution is 7.89. The maximum absolute atomic E-state index is 13.8. The van der Waals surface area contributed by atoms with Crippen molar-refractivity contribution in [2.24, 2.45) is 5.92 Å². The van der Waals surface area contributed by atoms with Gasteiger partial charge in [0.2, 0.25) is 11.8 Å². The summed E-state index contributed by atoms with van der Waals surface area (Å²) in [5, 5.41) is 1.77. The normalized spacial score (nSPS) is 24.7. The van der Waals surface area contributed by atoms with Gasteiger partial charge in [-0.2, -0.15) is 0 Å². The molecule has 0 aromatic heterocycles. The van der Waals surface area contributed by atoms with Crippen molar-refractivity contribution in [3.8, 4) is 0 Å². The summed E-state index contributed by atoms with van der Waals surface area (Å²) in [5.41, 5.74) is 0. The molecule has 3 aliphatic rings. The summed E-state index contributed by atoms with van der Waals surface area (Å²) in [6.45, 7) is 5.31. The van der Waals surface area contributed by atoms with Gasteiger partial charge in [0.1, 0.15) is 0 Å². The number of likely N-dealkylation sites (tertiary alicyclic amines) is 2. The molecule has 3 unspecified atom stereocenters. The maximum Gasteiger partial charge on any atom is 0.266 e. The summed E-state index contributed by atoms with van der Waals surface area (Å²) >= 11 is 0. The Morgan fingerprint density at radius 2 is 1.72 bits per heavy atom. The van der Waals surface area contributed by atoms with E-state index < -0.39 is 22.0 Å². The van der Waals surface area contributed by atoms with E-state index in [1.807, 2.05) is 36.1 Å². The van der Waals surface area contributed by atoms with Gasteiger partial charge in [0.15, 0.2) is 0 Å². The van der Waals surface area contributed by atoms with Crippen LogP contribution in [0, 0.1) is 5.92 Å². The summed E-state index contributed by atoms with van der Waals surface area (Å²) in [6, 6.07) is 11.8. The Bertz CT molecular complexity index is 1210. The van der Waals surface area contributed by atoms with Gasteiger partial charge in [-0.3, -0.25) is 9.59 Å². The first-order valence-electron chi connectivity index (χ1n) is 13.0. The van der Waals surface area contributed by atoms with E-state index in [-0.39, 0.29) is 35.2 Å². The van der Waals surface area contributed by atoms with Gasteiger partial charge in [-0.15, -0.1) is 12.4 Å². The van der Waals surface area contributed by atoms with E-state index in [2.05, 4.69) is 4.90 Å². The molecule has 3 fully saturated rings. The lowest BCUT2D eigenvalue weighted by atomic mass is 9.94. The van der Waals surface area contributed by atoms with Gasteiger partial charge in [0.05, 0.1) is 22.9 Å². The van der Waals surface area contributed by atoms with E-state index in [9.17, 15) is 18.0 Å². The number of nitrogens with zero attached hydrogens (tertiary/aromatic N) is 3. The molecule has 3 saturated heterocycles. The van der Waals surface area contributed by atoms with Crippen molar-refractivity contribution in [2.45, 2.75) is 68.8 Å². The Kier molecular flexibility index (Phi) is 8.27. The minimum absolute atomic E-state index is 0. The topological polar surface area (TPSA) is 78.0 Å². The molecule has 36 heavy (non-hydrogen) atoms. The molecular weight excluding hydrogens is 498 g/mol. The van der Waals surface area contributed by atoms with Crippen molar-refractivity contribution < 1.29 is 18.0 Å². The number of sulfonamides is 1. The quantitative estimate of drug-likeness (QED) is 0.536. The smallest absolute Gasteiger partial charge is 0.266 e. The zero-order chi connectivity index (χ0) is 24.6. The van der Waals surface area contributed by atoms with Crippen LogP contribution in [0.3, 0.4) is 0 Å². The maximum atomic E-state index is 13.8. The predicted octanol–water partition coefficient (Wildman–Crippen LogP) is 4.05. The van der Waals surface area contributed by atoms with Crippen LogP contribution in [0.5, 0.6) is 0 Å². The lowest BCUT2D eigenvalue weighted by molar-refractivity contribution is -0.134. The second kappa shape index (κ2) is 11.1. The molecule has 3 aliphatic heterocycles. The van der Waals surface area contributed by atoms with E-state index in [0.717, 1.165) is 41.1 Å². The first-order valence-corrected chi connectivity index (χ1v) is 14.4. The third-order valence-corrected chi connectivity index (χ3v) is 9.77. The molecule has 2 aromatic rings. The highest BCUT2D eigenvalue weighted by atomic mass is 35.5. The van der Waals surface area contributed by atoms with Crippen LogP contribution in [0.2, 0.25) is 0 Å². The Balaban J connectivity index is 0.00000304. The molecule has 196 valence electrons. The average Bonchev–Trinajstić information content (AvgIpc) is 3.41. The van der Waals surface area contributed by atoms with Crippen LogP contribution in [0.1, 0.15) is 51.9 Å². The second-order valence-electron chi connectivity index (χ2n) is 10.1. The fourth-order valence-corrected chi connectivity index (χ4v) is 7.93. The van der Waals surface area contributed by atoms with E-state index in [4.69, 9.17) is 0 Å². The minimum atomic E-state index is -4.03. The third kappa shape index (κ3) is 4.87. The van der Waals surface area contributed by atoms with Crippen molar-refractivity contribution in [3.05, 3.63) is 42.5 Å². The molecule has 0 N–H and O–H groups in total. The summed E-state index contributed by atoms with van der Waals surface area (Å²) in [7, 11) is -4.03. The Morgan fingerprint density at radius 1 is 1.00 bits per heavy atom. The van der Waals surface area contributed by atoms with E-state index in [1.54, 1.807) is 18.2 Å². The number of benzene rings is 2. The number of piperidine rings is 1. The Morgan fingerprint density at radius 3 is 2.44 bits per heavy atom. The van der Waals surface area contributed by atoms with Gasteiger partial charge < -0.3 is 9.80 Å². The van der Waals surface area contributed by atoms with Crippen LogP contribution in [0.15, 0.2) is 47.4 Å². The molecule has 0 spiro atoms. The molecule has 7 nitrogen and oxygen atoms in total. The highest BCUT2D eigenvalue weighted by Crippen LogP contribution is 2.42. The fraction of sp³-hybridized carbons (Fsp3) is 0.556. The third-order valence-electron chi connectivity index (χ3n) is 7.96. The monoisotopic (exact) mass is 533 g/mol. The Labute approximate surface area is 220 Å². The number of rotatable bonds is 7. The van der Waals surface area contributed by atoms with Crippen LogP contribution < -0.4 is 0 Å². The van der Waals surface area contributed by atoms with E-state index in [0.29, 0.717) is 25.8 Å². The first-order chi connectivity index (χ1) is 16.9. The lowest BCUT2D eigenvalue weighted by Gasteiger charge is -2.30. The van der Waals surface area contributed by atoms with E-state index in [1.165, 1.54) is 19.3 Å². The number of hydrogen-bond donors (Lipinski definition) is 0. The molecule has 0 saturated carbocycles. The van der Waals surface area contributed by atoms with Gasteiger partial charge in [-0.1, -0.05) is 50.1 Å². The van der Waals surface area contributed by atoms with Gasteiger partial charge in [0.25, 0.3) is 10.0 Å². The molecule has 9 heteroatoms. The molecule has 5 rings (SSSR count). The van der Waals surface area contributed by atoms with Crippen molar-refractivity contribution in [1.29, 1.82) is 0 Å². The zero-order valence-electron chi connectivity index (χ0n) is 20.8. The van der Waals surface area contributed by atoms with Crippen molar-refractivity contribution in [3.63, 3.8) is 0 Å².